The highest BCUT2D eigenvalue weighted by Crippen LogP contribution is 2.29. The Hall–Kier alpha value is -3.55. The van der Waals surface area contributed by atoms with Gasteiger partial charge < -0.3 is 10.6 Å². The number of pyridine rings is 2. The largest absolute Gasteiger partial charge is 0.352 e. The number of allylic oxidation sites excluding steroid dienone is 2. The van der Waals surface area contributed by atoms with Gasteiger partial charge in [0.1, 0.15) is 0 Å². The number of aromatic nitrogens is 2. The normalized spacial score (nSPS) is 12.5. The topological polar surface area (TPSA) is 79.3 Å². The average Bonchev–Trinajstić information content (AvgIpc) is 3.12. The third kappa shape index (κ3) is 9.24. The zero-order chi connectivity index (χ0) is 25.4. The van der Waals surface area contributed by atoms with Crippen molar-refractivity contribution >= 4 is 23.4 Å². The average molecular weight is 500 g/mol. The molecule has 2 N–H and O–H groups in total. The number of carbonyl (C=O) groups is 1. The Kier molecular flexibility index (Phi) is 11.6. The number of aliphatic imine (C=N–C) groups is 1. The zero-order valence-corrected chi connectivity index (χ0v) is 21.7. The van der Waals surface area contributed by atoms with Gasteiger partial charge in [-0.3, -0.25) is 19.8 Å². The lowest BCUT2D eigenvalue weighted by atomic mass is 10.1. The molecular weight excluding hydrogens is 466 g/mol. The SMILES string of the molecule is C/C=C\CC(=O)NCc1ccncc1.CCC1=CSc2ccccc2C(CNCc2cccnc2)=N1. The molecule has 36 heavy (non-hydrogen) atoms. The highest BCUT2D eigenvalue weighted by atomic mass is 32.2. The molecule has 0 saturated carbocycles. The zero-order valence-electron chi connectivity index (χ0n) is 20.9. The van der Waals surface area contributed by atoms with Crippen molar-refractivity contribution in [2.24, 2.45) is 4.99 Å². The summed E-state index contributed by atoms with van der Waals surface area (Å²) in [4.78, 5) is 25.4. The summed E-state index contributed by atoms with van der Waals surface area (Å²) in [5.74, 6) is 0.0416. The molecule has 0 radical (unpaired) electrons. The van der Waals surface area contributed by atoms with Crippen molar-refractivity contribution in [2.75, 3.05) is 6.54 Å². The molecule has 6 nitrogen and oxygen atoms in total. The minimum Gasteiger partial charge on any atom is -0.352 e. The molecule has 0 atom stereocenters. The van der Waals surface area contributed by atoms with Gasteiger partial charge in [-0.15, -0.1) is 0 Å². The Morgan fingerprint density at radius 2 is 1.78 bits per heavy atom. The third-order valence-corrected chi connectivity index (χ3v) is 6.28. The molecule has 186 valence electrons. The summed E-state index contributed by atoms with van der Waals surface area (Å²) in [5, 5.41) is 8.45. The summed E-state index contributed by atoms with van der Waals surface area (Å²) in [5.41, 5.74) is 5.72. The number of thioether (sulfide) groups is 1. The van der Waals surface area contributed by atoms with Gasteiger partial charge in [0.05, 0.1) is 5.71 Å². The van der Waals surface area contributed by atoms with Gasteiger partial charge in [0, 0.05) is 67.0 Å². The van der Waals surface area contributed by atoms with E-state index in [2.05, 4.69) is 63.3 Å². The van der Waals surface area contributed by atoms with Crippen LogP contribution in [0.1, 0.15) is 43.4 Å². The van der Waals surface area contributed by atoms with E-state index in [4.69, 9.17) is 4.99 Å². The Labute approximate surface area is 218 Å². The van der Waals surface area contributed by atoms with Gasteiger partial charge in [-0.05, 0) is 54.1 Å². The minimum atomic E-state index is 0.0416. The minimum absolute atomic E-state index is 0.0416. The van der Waals surface area contributed by atoms with Gasteiger partial charge in [0.2, 0.25) is 5.91 Å². The third-order valence-electron chi connectivity index (χ3n) is 5.28. The molecule has 3 heterocycles. The number of nitrogens with zero attached hydrogens (tertiary/aromatic N) is 3. The van der Waals surface area contributed by atoms with Crippen molar-refractivity contribution < 1.29 is 4.79 Å². The molecule has 0 bridgehead atoms. The summed E-state index contributed by atoms with van der Waals surface area (Å²) in [6, 6.07) is 16.3. The van der Waals surface area contributed by atoms with Crippen LogP contribution in [-0.2, 0) is 17.9 Å². The van der Waals surface area contributed by atoms with Gasteiger partial charge in [-0.25, -0.2) is 0 Å². The van der Waals surface area contributed by atoms with Crippen LogP contribution in [0.25, 0.3) is 0 Å². The van der Waals surface area contributed by atoms with E-state index in [1.54, 1.807) is 30.4 Å². The van der Waals surface area contributed by atoms with Crippen LogP contribution in [-0.4, -0.2) is 28.1 Å². The first-order valence-electron chi connectivity index (χ1n) is 12.1. The number of amides is 1. The first kappa shape index (κ1) is 27.0. The van der Waals surface area contributed by atoms with E-state index in [-0.39, 0.29) is 5.91 Å². The Balaban J connectivity index is 0.000000223. The molecule has 1 aliphatic heterocycles. The number of hydrogen-bond donors (Lipinski definition) is 2. The van der Waals surface area contributed by atoms with Crippen molar-refractivity contribution in [2.45, 2.75) is 44.7 Å². The van der Waals surface area contributed by atoms with Crippen LogP contribution in [0.5, 0.6) is 0 Å². The van der Waals surface area contributed by atoms with Crippen LogP contribution in [0.15, 0.2) is 106 Å². The maximum Gasteiger partial charge on any atom is 0.224 e. The van der Waals surface area contributed by atoms with Crippen molar-refractivity contribution in [3.8, 4) is 0 Å². The molecule has 4 rings (SSSR count). The Morgan fingerprint density at radius 1 is 0.944 bits per heavy atom. The van der Waals surface area contributed by atoms with Crippen LogP contribution in [0.3, 0.4) is 0 Å². The number of benzene rings is 1. The number of fused-ring (bicyclic) bond motifs is 1. The van der Waals surface area contributed by atoms with E-state index >= 15 is 0 Å². The monoisotopic (exact) mass is 499 g/mol. The van der Waals surface area contributed by atoms with Crippen LogP contribution in [0.2, 0.25) is 0 Å². The van der Waals surface area contributed by atoms with E-state index in [9.17, 15) is 4.79 Å². The van der Waals surface area contributed by atoms with Crippen LogP contribution in [0, 0.1) is 0 Å². The predicted molar refractivity (Wildman–Crippen MR) is 149 cm³/mol. The maximum atomic E-state index is 11.2. The number of hydrogen-bond acceptors (Lipinski definition) is 6. The van der Waals surface area contributed by atoms with Crippen molar-refractivity contribution in [1.82, 2.24) is 20.6 Å². The first-order valence-corrected chi connectivity index (χ1v) is 13.0. The van der Waals surface area contributed by atoms with E-state index in [0.717, 1.165) is 36.5 Å². The summed E-state index contributed by atoms with van der Waals surface area (Å²) in [6.45, 7) is 6.17. The van der Waals surface area contributed by atoms with E-state index < -0.39 is 0 Å². The fourth-order valence-electron chi connectivity index (χ4n) is 3.32. The first-order chi connectivity index (χ1) is 17.7. The van der Waals surface area contributed by atoms with Crippen LogP contribution in [0.4, 0.5) is 0 Å². The second-order valence-corrected chi connectivity index (χ2v) is 8.92. The molecule has 0 spiro atoms. The van der Waals surface area contributed by atoms with Crippen molar-refractivity contribution in [3.63, 3.8) is 0 Å². The van der Waals surface area contributed by atoms with Gasteiger partial charge in [0.15, 0.2) is 0 Å². The van der Waals surface area contributed by atoms with Crippen LogP contribution < -0.4 is 10.6 Å². The molecule has 0 fully saturated rings. The van der Waals surface area contributed by atoms with E-state index in [1.165, 1.54) is 16.0 Å². The second kappa shape index (κ2) is 15.4. The van der Waals surface area contributed by atoms with Gasteiger partial charge in [-0.1, -0.05) is 55.1 Å². The molecular formula is C29H33N5OS. The number of nitrogens with one attached hydrogen (secondary N) is 2. The smallest absolute Gasteiger partial charge is 0.224 e. The predicted octanol–water partition coefficient (Wildman–Crippen LogP) is 5.68. The molecule has 1 aromatic carbocycles. The fourth-order valence-corrected chi connectivity index (χ4v) is 4.27. The van der Waals surface area contributed by atoms with E-state index in [0.29, 0.717) is 13.0 Å². The van der Waals surface area contributed by atoms with Crippen molar-refractivity contribution in [1.29, 1.82) is 0 Å². The standard InChI is InChI=1S/C18H19N3S.C11H14N2O/c1-2-15-13-22-18-8-4-3-7-16(18)17(21-15)12-20-11-14-6-5-9-19-10-14;1-2-3-4-11(14)13-9-10-5-7-12-8-6-10/h3-10,13,20H,2,11-12H2,1H3;2-3,5-8H,4,9H2,1H3,(H,13,14)/b;3-2-. The summed E-state index contributed by atoms with van der Waals surface area (Å²) in [6.07, 6.45) is 12.2. The summed E-state index contributed by atoms with van der Waals surface area (Å²) < 4.78 is 0. The highest BCUT2D eigenvalue weighted by molar-refractivity contribution is 8.02. The highest BCUT2D eigenvalue weighted by Gasteiger charge is 2.13. The van der Waals surface area contributed by atoms with Crippen LogP contribution >= 0.6 is 11.8 Å². The summed E-state index contributed by atoms with van der Waals surface area (Å²) in [7, 11) is 0. The summed E-state index contributed by atoms with van der Waals surface area (Å²) >= 11 is 1.76. The fraction of sp³-hybridized carbons (Fsp3) is 0.241. The quantitative estimate of drug-likeness (QED) is 0.370. The lowest BCUT2D eigenvalue weighted by Gasteiger charge is -2.10. The molecule has 3 aromatic rings. The number of rotatable bonds is 9. The lowest BCUT2D eigenvalue weighted by Crippen LogP contribution is -2.23. The molecule has 1 amide bonds. The van der Waals surface area contributed by atoms with E-state index in [1.807, 2.05) is 43.5 Å². The maximum absolute atomic E-state index is 11.2. The second-order valence-electron chi connectivity index (χ2n) is 8.01. The van der Waals surface area contributed by atoms with Gasteiger partial charge in [-0.2, -0.15) is 0 Å². The molecule has 7 heteroatoms. The lowest BCUT2D eigenvalue weighted by molar-refractivity contribution is -0.120. The molecule has 2 aromatic heterocycles. The molecule has 0 aliphatic carbocycles. The van der Waals surface area contributed by atoms with Gasteiger partial charge in [0.25, 0.3) is 0 Å². The van der Waals surface area contributed by atoms with Crippen molar-refractivity contribution in [3.05, 3.63) is 113 Å². The number of carbonyl (C=O) groups excluding carboxylic acids is 1. The van der Waals surface area contributed by atoms with Gasteiger partial charge >= 0.3 is 0 Å². The molecule has 1 aliphatic rings. The Bertz CT molecular complexity index is 1180. The Morgan fingerprint density at radius 3 is 2.53 bits per heavy atom. The molecule has 0 saturated heterocycles. The molecule has 0 unspecified atom stereocenters.